The number of methoxy groups -OCH3 is 1. The number of aromatic nitrogens is 3. The zero-order valence-electron chi connectivity index (χ0n) is 17.3. The van der Waals surface area contributed by atoms with Gasteiger partial charge in [-0.3, -0.25) is 9.55 Å². The molecule has 2 aromatic carbocycles. The van der Waals surface area contributed by atoms with Gasteiger partial charge in [0.15, 0.2) is 5.82 Å². The number of morpholine rings is 1. The minimum absolute atomic E-state index is 0.349. The molecule has 0 N–H and O–H groups in total. The molecule has 158 valence electrons. The van der Waals surface area contributed by atoms with Crippen molar-refractivity contribution in [1.29, 1.82) is 0 Å². The molecule has 1 aliphatic heterocycles. The molecule has 0 aliphatic carbocycles. The number of para-hydroxylation sites is 1. The molecule has 2 aromatic heterocycles. The highest BCUT2D eigenvalue weighted by Gasteiger charge is 2.24. The van der Waals surface area contributed by atoms with Crippen molar-refractivity contribution in [2.75, 3.05) is 38.3 Å². The normalized spacial score (nSPS) is 14.4. The van der Waals surface area contributed by atoms with E-state index in [1.165, 1.54) is 13.3 Å². The summed E-state index contributed by atoms with van der Waals surface area (Å²) in [6.45, 7) is 4.41. The van der Waals surface area contributed by atoms with Gasteiger partial charge in [0.2, 0.25) is 0 Å². The van der Waals surface area contributed by atoms with Crippen molar-refractivity contribution >= 4 is 33.6 Å². The number of fused-ring (bicyclic) bond motifs is 2. The van der Waals surface area contributed by atoms with Gasteiger partial charge in [-0.1, -0.05) is 18.2 Å². The van der Waals surface area contributed by atoms with Gasteiger partial charge in [0.1, 0.15) is 11.3 Å². The monoisotopic (exact) mass is 420 g/mol. The van der Waals surface area contributed by atoms with Gasteiger partial charge >= 0.3 is 5.97 Å². The number of benzene rings is 2. The van der Waals surface area contributed by atoms with E-state index >= 15 is 4.39 Å². The van der Waals surface area contributed by atoms with Gasteiger partial charge in [-0.05, 0) is 25.1 Å². The van der Waals surface area contributed by atoms with Crippen molar-refractivity contribution in [2.45, 2.75) is 6.92 Å². The third-order valence-electron chi connectivity index (χ3n) is 5.62. The van der Waals surface area contributed by atoms with Crippen molar-refractivity contribution in [3.05, 3.63) is 59.8 Å². The smallest absolute Gasteiger partial charge is 0.340 e. The molecular formula is C23H21FN4O3. The van der Waals surface area contributed by atoms with Gasteiger partial charge in [0.05, 0.1) is 48.8 Å². The average molecular weight is 420 g/mol. The number of nitrogens with zero attached hydrogens (tertiary/aromatic N) is 4. The Bertz CT molecular complexity index is 1310. The molecule has 0 amide bonds. The highest BCUT2D eigenvalue weighted by Crippen LogP contribution is 2.33. The first-order chi connectivity index (χ1) is 15.1. The van der Waals surface area contributed by atoms with E-state index in [-0.39, 0.29) is 0 Å². The molecule has 0 radical (unpaired) electrons. The highest BCUT2D eigenvalue weighted by molar-refractivity contribution is 6.05. The number of carbonyl (C=O) groups is 1. The van der Waals surface area contributed by atoms with E-state index < -0.39 is 11.8 Å². The first-order valence-corrected chi connectivity index (χ1v) is 10.1. The number of aryl methyl sites for hydroxylation is 1. The average Bonchev–Trinajstić information content (AvgIpc) is 3.14. The van der Waals surface area contributed by atoms with Gasteiger partial charge in [0, 0.05) is 24.2 Å². The number of imidazole rings is 1. The third-order valence-corrected chi connectivity index (χ3v) is 5.62. The predicted octanol–water partition coefficient (Wildman–Crippen LogP) is 3.64. The molecule has 0 atom stereocenters. The molecule has 3 heterocycles. The number of hydrogen-bond acceptors (Lipinski definition) is 6. The molecule has 0 unspecified atom stereocenters. The zero-order valence-corrected chi connectivity index (χ0v) is 17.3. The van der Waals surface area contributed by atoms with Gasteiger partial charge in [-0.15, -0.1) is 0 Å². The summed E-state index contributed by atoms with van der Waals surface area (Å²) in [5.41, 5.74) is 3.34. The summed E-state index contributed by atoms with van der Waals surface area (Å²) in [5, 5.41) is 0.668. The van der Waals surface area contributed by atoms with E-state index in [1.807, 2.05) is 30.3 Å². The maximum absolute atomic E-state index is 15.1. The predicted molar refractivity (Wildman–Crippen MR) is 115 cm³/mol. The van der Waals surface area contributed by atoms with E-state index in [9.17, 15) is 4.79 Å². The summed E-state index contributed by atoms with van der Waals surface area (Å²) in [6.07, 6.45) is 1.22. The molecule has 0 spiro atoms. The number of pyridine rings is 1. The Hall–Kier alpha value is -3.52. The van der Waals surface area contributed by atoms with E-state index in [0.717, 1.165) is 5.69 Å². The zero-order chi connectivity index (χ0) is 21.5. The topological polar surface area (TPSA) is 69.5 Å². The van der Waals surface area contributed by atoms with Crippen LogP contribution in [0.15, 0.2) is 42.6 Å². The van der Waals surface area contributed by atoms with Crippen molar-refractivity contribution in [2.24, 2.45) is 0 Å². The van der Waals surface area contributed by atoms with Crippen molar-refractivity contribution in [3.63, 3.8) is 0 Å². The summed E-state index contributed by atoms with van der Waals surface area (Å²) in [6, 6.07) is 11.1. The Morgan fingerprint density at radius 3 is 2.74 bits per heavy atom. The fourth-order valence-corrected chi connectivity index (χ4v) is 4.16. The molecule has 1 fully saturated rings. The minimum atomic E-state index is -0.482. The number of rotatable bonds is 3. The second-order valence-electron chi connectivity index (χ2n) is 7.42. The van der Waals surface area contributed by atoms with Crippen LogP contribution in [0.4, 0.5) is 10.1 Å². The SMILES string of the molecule is COC(=O)c1cc(N2CCOCC2)cc2c1nc(C)n2-c1c(F)cnc2ccccc12. The standard InChI is InChI=1S/C23H21FN4O3/c1-14-26-21-17(23(29)30-2)11-15(27-7-9-31-10-8-27)12-20(21)28(14)22-16-5-3-4-6-19(16)25-13-18(22)24/h3-6,11-13H,7-10H2,1-2H3. The number of ether oxygens (including phenoxy) is 2. The Morgan fingerprint density at radius 2 is 1.97 bits per heavy atom. The highest BCUT2D eigenvalue weighted by atomic mass is 19.1. The minimum Gasteiger partial charge on any atom is -0.465 e. The van der Waals surface area contributed by atoms with Crippen LogP contribution in [-0.4, -0.2) is 53.9 Å². The van der Waals surface area contributed by atoms with E-state index in [4.69, 9.17) is 9.47 Å². The number of halogens is 1. The van der Waals surface area contributed by atoms with E-state index in [0.29, 0.717) is 65.3 Å². The lowest BCUT2D eigenvalue weighted by molar-refractivity contribution is 0.0603. The summed E-state index contributed by atoms with van der Waals surface area (Å²) in [7, 11) is 1.34. The van der Waals surface area contributed by atoms with Gasteiger partial charge in [-0.2, -0.15) is 0 Å². The quantitative estimate of drug-likeness (QED) is 0.472. The van der Waals surface area contributed by atoms with Crippen molar-refractivity contribution in [1.82, 2.24) is 14.5 Å². The van der Waals surface area contributed by atoms with Crippen LogP contribution in [0, 0.1) is 12.7 Å². The summed E-state index contributed by atoms with van der Waals surface area (Å²) in [4.78, 5) is 23.6. The lowest BCUT2D eigenvalue weighted by Crippen LogP contribution is -2.36. The lowest BCUT2D eigenvalue weighted by Gasteiger charge is -2.29. The molecule has 5 rings (SSSR count). The largest absolute Gasteiger partial charge is 0.465 e. The van der Waals surface area contributed by atoms with Crippen LogP contribution in [0.2, 0.25) is 0 Å². The van der Waals surface area contributed by atoms with Crippen LogP contribution >= 0.6 is 0 Å². The van der Waals surface area contributed by atoms with Crippen LogP contribution in [0.25, 0.3) is 27.6 Å². The second kappa shape index (κ2) is 7.63. The fourth-order valence-electron chi connectivity index (χ4n) is 4.16. The van der Waals surface area contributed by atoms with E-state index in [1.54, 1.807) is 17.6 Å². The molecule has 31 heavy (non-hydrogen) atoms. The number of anilines is 1. The Balaban J connectivity index is 1.83. The molecule has 1 saturated heterocycles. The van der Waals surface area contributed by atoms with Crippen LogP contribution in [0.5, 0.6) is 0 Å². The molecule has 8 heteroatoms. The van der Waals surface area contributed by atoms with Crippen molar-refractivity contribution in [3.8, 4) is 5.69 Å². The second-order valence-corrected chi connectivity index (χ2v) is 7.42. The lowest BCUT2D eigenvalue weighted by atomic mass is 10.1. The van der Waals surface area contributed by atoms with Crippen LogP contribution in [-0.2, 0) is 9.47 Å². The maximum Gasteiger partial charge on any atom is 0.340 e. The van der Waals surface area contributed by atoms with Gasteiger partial charge in [0.25, 0.3) is 0 Å². The Morgan fingerprint density at radius 1 is 1.19 bits per heavy atom. The Labute approximate surface area is 178 Å². The van der Waals surface area contributed by atoms with E-state index in [2.05, 4.69) is 14.9 Å². The fraction of sp³-hybridized carbons (Fsp3) is 0.261. The first kappa shape index (κ1) is 19.4. The molecule has 7 nitrogen and oxygen atoms in total. The molecule has 0 saturated carbocycles. The Kier molecular flexibility index (Phi) is 4.78. The summed E-state index contributed by atoms with van der Waals surface area (Å²) >= 11 is 0. The van der Waals surface area contributed by atoms with Crippen molar-refractivity contribution < 1.29 is 18.7 Å². The number of esters is 1. The molecule has 0 bridgehead atoms. The molecule has 1 aliphatic rings. The third kappa shape index (κ3) is 3.19. The van der Waals surface area contributed by atoms with Gasteiger partial charge < -0.3 is 14.4 Å². The summed E-state index contributed by atoms with van der Waals surface area (Å²) < 4.78 is 27.4. The molecular weight excluding hydrogens is 399 g/mol. The summed E-state index contributed by atoms with van der Waals surface area (Å²) in [5.74, 6) is -0.378. The number of carbonyl (C=O) groups excluding carboxylic acids is 1. The number of hydrogen-bond donors (Lipinski definition) is 0. The van der Waals surface area contributed by atoms with Crippen LogP contribution in [0.3, 0.4) is 0 Å². The maximum atomic E-state index is 15.1. The van der Waals surface area contributed by atoms with Crippen LogP contribution in [0.1, 0.15) is 16.2 Å². The van der Waals surface area contributed by atoms with Crippen LogP contribution < -0.4 is 4.90 Å². The molecule has 4 aromatic rings. The first-order valence-electron chi connectivity index (χ1n) is 10.1. The van der Waals surface area contributed by atoms with Gasteiger partial charge in [-0.25, -0.2) is 14.2 Å².